The minimum Gasteiger partial charge on any atom is -0.489 e. The van der Waals surface area contributed by atoms with Crippen LogP contribution in [0.1, 0.15) is 18.1 Å². The number of carbonyl (C=O) groups excluding carboxylic acids is 1. The maximum absolute atomic E-state index is 11.5. The quantitative estimate of drug-likeness (QED) is 0.464. The van der Waals surface area contributed by atoms with Crippen LogP contribution in [0.2, 0.25) is 5.02 Å². The summed E-state index contributed by atoms with van der Waals surface area (Å²) in [7, 11) is 0. The van der Waals surface area contributed by atoms with Gasteiger partial charge in [-0.1, -0.05) is 35.9 Å². The fourth-order valence-electron chi connectivity index (χ4n) is 2.60. The molecule has 0 spiro atoms. The predicted octanol–water partition coefficient (Wildman–Crippen LogP) is 5.08. The van der Waals surface area contributed by atoms with E-state index in [1.54, 1.807) is 19.1 Å². The molecule has 0 unspecified atom stereocenters. The fraction of sp³-hybridized carbons (Fsp3) is 0.182. The van der Waals surface area contributed by atoms with E-state index in [1.807, 2.05) is 48.5 Å². The van der Waals surface area contributed by atoms with Gasteiger partial charge in [-0.2, -0.15) is 0 Å². The van der Waals surface area contributed by atoms with Gasteiger partial charge in [0.05, 0.1) is 12.3 Å². The first-order chi connectivity index (χ1) is 14.5. The third-order valence-corrected chi connectivity index (χ3v) is 4.40. The van der Waals surface area contributed by atoms with Crippen molar-refractivity contribution >= 4 is 35.0 Å². The summed E-state index contributed by atoms with van der Waals surface area (Å²) in [5.74, 6) is 1.59. The number of halogens is 1. The van der Waals surface area contributed by atoms with Crippen molar-refractivity contribution in [3.63, 3.8) is 0 Å². The van der Waals surface area contributed by atoms with Gasteiger partial charge in [0.15, 0.2) is 0 Å². The molecule has 3 rings (SSSR count). The Morgan fingerprint density at radius 2 is 1.73 bits per heavy atom. The van der Waals surface area contributed by atoms with Gasteiger partial charge >= 0.3 is 6.09 Å². The summed E-state index contributed by atoms with van der Waals surface area (Å²) < 4.78 is 10.6. The van der Waals surface area contributed by atoms with Crippen molar-refractivity contribution in [2.24, 2.45) is 0 Å². The summed E-state index contributed by atoms with van der Waals surface area (Å²) >= 11 is 5.89. The Balaban J connectivity index is 1.50. The smallest absolute Gasteiger partial charge is 0.411 e. The SMILES string of the molecule is CCOC(=O)Nc1ccc(NCc2ccc(OCc3ccc(Cl)cc3)cc2)nc1N. The van der Waals surface area contributed by atoms with Crippen LogP contribution in [0.25, 0.3) is 0 Å². The largest absolute Gasteiger partial charge is 0.489 e. The van der Waals surface area contributed by atoms with Crippen LogP contribution in [-0.4, -0.2) is 17.7 Å². The molecule has 1 heterocycles. The standard InChI is InChI=1S/C22H23ClN4O3/c1-2-29-22(28)26-19-11-12-20(27-21(19)24)25-13-15-5-9-18(10-6-15)30-14-16-3-7-17(23)8-4-16/h3-12H,2,13-14H2,1H3,(H,26,28)(H3,24,25,27). The number of nitrogens with zero attached hydrogens (tertiary/aromatic N) is 1. The number of nitrogen functional groups attached to an aromatic ring is 1. The fourth-order valence-corrected chi connectivity index (χ4v) is 2.73. The van der Waals surface area contributed by atoms with Gasteiger partial charge in [0.2, 0.25) is 0 Å². The molecule has 1 amide bonds. The van der Waals surface area contributed by atoms with Gasteiger partial charge in [-0.25, -0.2) is 9.78 Å². The number of aromatic nitrogens is 1. The topological polar surface area (TPSA) is 98.5 Å². The van der Waals surface area contributed by atoms with Crippen LogP contribution in [0.5, 0.6) is 5.75 Å². The first-order valence-electron chi connectivity index (χ1n) is 9.44. The van der Waals surface area contributed by atoms with E-state index in [-0.39, 0.29) is 12.4 Å². The van der Waals surface area contributed by atoms with Crippen LogP contribution < -0.4 is 21.1 Å². The Morgan fingerprint density at radius 3 is 2.40 bits per heavy atom. The lowest BCUT2D eigenvalue weighted by molar-refractivity contribution is 0.168. The van der Waals surface area contributed by atoms with E-state index in [0.29, 0.717) is 29.7 Å². The second kappa shape index (κ2) is 10.4. The van der Waals surface area contributed by atoms with Crippen molar-refractivity contribution in [1.29, 1.82) is 0 Å². The number of nitrogens with one attached hydrogen (secondary N) is 2. The Morgan fingerprint density at radius 1 is 1.03 bits per heavy atom. The molecular weight excluding hydrogens is 404 g/mol. The molecule has 0 saturated carbocycles. The molecule has 8 heteroatoms. The summed E-state index contributed by atoms with van der Waals surface area (Å²) in [6.45, 7) is 3.05. The van der Waals surface area contributed by atoms with E-state index < -0.39 is 6.09 Å². The van der Waals surface area contributed by atoms with Crippen molar-refractivity contribution in [2.45, 2.75) is 20.1 Å². The van der Waals surface area contributed by atoms with E-state index in [0.717, 1.165) is 16.9 Å². The van der Waals surface area contributed by atoms with E-state index in [2.05, 4.69) is 15.6 Å². The van der Waals surface area contributed by atoms with Crippen molar-refractivity contribution in [3.05, 3.63) is 76.8 Å². The highest BCUT2D eigenvalue weighted by molar-refractivity contribution is 6.30. The molecule has 3 aromatic rings. The van der Waals surface area contributed by atoms with Gasteiger partial charge in [0, 0.05) is 11.6 Å². The first kappa shape index (κ1) is 21.3. The maximum atomic E-state index is 11.5. The summed E-state index contributed by atoms with van der Waals surface area (Å²) in [4.78, 5) is 15.7. The van der Waals surface area contributed by atoms with E-state index in [4.69, 9.17) is 26.8 Å². The number of hydrogen-bond acceptors (Lipinski definition) is 6. The minimum atomic E-state index is -0.565. The Kier molecular flexibility index (Phi) is 7.34. The average molecular weight is 427 g/mol. The minimum absolute atomic E-state index is 0.207. The number of pyridine rings is 1. The average Bonchev–Trinajstić information content (AvgIpc) is 2.74. The van der Waals surface area contributed by atoms with Crippen molar-refractivity contribution in [3.8, 4) is 5.75 Å². The highest BCUT2D eigenvalue weighted by atomic mass is 35.5. The van der Waals surface area contributed by atoms with Crippen molar-refractivity contribution in [1.82, 2.24) is 4.98 Å². The number of benzene rings is 2. The second-order valence-electron chi connectivity index (χ2n) is 6.39. The van der Waals surface area contributed by atoms with E-state index in [9.17, 15) is 4.79 Å². The van der Waals surface area contributed by atoms with Crippen molar-refractivity contribution in [2.75, 3.05) is 23.0 Å². The zero-order valence-electron chi connectivity index (χ0n) is 16.5. The van der Waals surface area contributed by atoms with E-state index in [1.165, 1.54) is 0 Å². The molecule has 2 aromatic carbocycles. The number of ether oxygens (including phenoxy) is 2. The monoisotopic (exact) mass is 426 g/mol. The van der Waals surface area contributed by atoms with Gasteiger partial charge in [0.25, 0.3) is 0 Å². The molecule has 0 radical (unpaired) electrons. The van der Waals surface area contributed by atoms with Crippen LogP contribution >= 0.6 is 11.6 Å². The predicted molar refractivity (Wildman–Crippen MR) is 119 cm³/mol. The first-order valence-corrected chi connectivity index (χ1v) is 9.81. The summed E-state index contributed by atoms with van der Waals surface area (Å²) in [5, 5.41) is 6.45. The van der Waals surface area contributed by atoms with Crippen LogP contribution in [-0.2, 0) is 17.9 Å². The third-order valence-electron chi connectivity index (χ3n) is 4.15. The molecule has 0 aliphatic heterocycles. The molecule has 4 N–H and O–H groups in total. The molecule has 1 aromatic heterocycles. The molecule has 7 nitrogen and oxygen atoms in total. The zero-order chi connectivity index (χ0) is 21.3. The number of anilines is 3. The van der Waals surface area contributed by atoms with Gasteiger partial charge in [-0.15, -0.1) is 0 Å². The molecule has 0 saturated heterocycles. The summed E-state index contributed by atoms with van der Waals surface area (Å²) in [6.07, 6.45) is -0.565. The van der Waals surface area contributed by atoms with Gasteiger partial charge in [-0.3, -0.25) is 5.32 Å². The molecule has 0 aliphatic rings. The van der Waals surface area contributed by atoms with Crippen LogP contribution in [0.15, 0.2) is 60.7 Å². The zero-order valence-corrected chi connectivity index (χ0v) is 17.3. The highest BCUT2D eigenvalue weighted by Gasteiger charge is 2.07. The molecular formula is C22H23ClN4O3. The summed E-state index contributed by atoms with van der Waals surface area (Å²) in [5.41, 5.74) is 8.41. The lowest BCUT2D eigenvalue weighted by Crippen LogP contribution is -2.15. The Bertz CT molecular complexity index is 979. The van der Waals surface area contributed by atoms with E-state index >= 15 is 0 Å². The molecule has 0 aliphatic carbocycles. The number of rotatable bonds is 8. The number of carbonyl (C=O) groups is 1. The lowest BCUT2D eigenvalue weighted by Gasteiger charge is -2.11. The highest BCUT2D eigenvalue weighted by Crippen LogP contribution is 2.20. The van der Waals surface area contributed by atoms with Crippen LogP contribution in [0.3, 0.4) is 0 Å². The number of amides is 1. The maximum Gasteiger partial charge on any atom is 0.411 e. The molecule has 156 valence electrons. The second-order valence-corrected chi connectivity index (χ2v) is 6.82. The van der Waals surface area contributed by atoms with Gasteiger partial charge in [0.1, 0.15) is 24.0 Å². The van der Waals surface area contributed by atoms with Crippen molar-refractivity contribution < 1.29 is 14.3 Å². The van der Waals surface area contributed by atoms with Crippen LogP contribution in [0.4, 0.5) is 22.1 Å². The Labute approximate surface area is 180 Å². The number of hydrogen-bond donors (Lipinski definition) is 3. The van der Waals surface area contributed by atoms with Gasteiger partial charge in [-0.05, 0) is 54.4 Å². The normalized spacial score (nSPS) is 10.3. The van der Waals surface area contributed by atoms with Gasteiger partial charge < -0.3 is 20.5 Å². The molecule has 30 heavy (non-hydrogen) atoms. The summed E-state index contributed by atoms with van der Waals surface area (Å²) in [6, 6.07) is 18.8. The van der Waals surface area contributed by atoms with Crippen LogP contribution in [0, 0.1) is 0 Å². The molecule has 0 fully saturated rings. The Hall–Kier alpha value is -3.45. The lowest BCUT2D eigenvalue weighted by atomic mass is 10.2. The third kappa shape index (κ3) is 6.28. The molecule has 0 atom stereocenters. The number of nitrogens with two attached hydrogens (primary N) is 1. The molecule has 0 bridgehead atoms.